The van der Waals surface area contributed by atoms with Gasteiger partial charge in [-0.25, -0.2) is 9.78 Å². The SMILES string of the molecule is CCCC[Si](OC1CCN1c1nc(C(=O)OCC)cs1)(c1ccccc1)c1ccccc1. The molecule has 1 aliphatic rings. The molecule has 0 amide bonds. The van der Waals surface area contributed by atoms with Gasteiger partial charge in [-0.3, -0.25) is 0 Å². The van der Waals surface area contributed by atoms with E-state index < -0.39 is 8.32 Å². The fourth-order valence-corrected chi connectivity index (χ4v) is 9.31. The van der Waals surface area contributed by atoms with Crippen LogP contribution in [0.5, 0.6) is 0 Å². The van der Waals surface area contributed by atoms with Crippen molar-refractivity contribution in [2.45, 2.75) is 45.4 Å². The molecule has 2 heterocycles. The molecule has 1 unspecified atom stereocenters. The van der Waals surface area contributed by atoms with Crippen molar-refractivity contribution < 1.29 is 14.0 Å². The van der Waals surface area contributed by atoms with E-state index in [0.29, 0.717) is 12.3 Å². The molecule has 32 heavy (non-hydrogen) atoms. The minimum absolute atomic E-state index is 0.0415. The number of thiazole rings is 1. The van der Waals surface area contributed by atoms with Gasteiger partial charge in [-0.15, -0.1) is 11.3 Å². The lowest BCUT2D eigenvalue weighted by atomic mass is 10.2. The second kappa shape index (κ2) is 10.4. The maximum Gasteiger partial charge on any atom is 0.357 e. The molecule has 1 saturated heterocycles. The quantitative estimate of drug-likeness (QED) is 0.327. The molecule has 0 radical (unpaired) electrons. The largest absolute Gasteiger partial charge is 0.461 e. The fraction of sp³-hybridized carbons (Fsp3) is 0.360. The highest BCUT2D eigenvalue weighted by Gasteiger charge is 2.45. The standard InChI is InChI=1S/C25H30N2O3SSi/c1-3-5-18-32(20-12-8-6-9-13-20,21-14-10-7-11-15-21)30-23-16-17-27(23)25-26-22(19-31-25)24(28)29-4-2/h6-15,19,23H,3-5,16-18H2,1-2H3. The maximum absolute atomic E-state index is 12.1. The van der Waals surface area contributed by atoms with Crippen molar-refractivity contribution in [3.8, 4) is 0 Å². The van der Waals surface area contributed by atoms with Crippen LogP contribution in [0.1, 0.15) is 43.6 Å². The highest BCUT2D eigenvalue weighted by molar-refractivity contribution is 7.14. The molecule has 1 fully saturated rings. The minimum atomic E-state index is -2.46. The van der Waals surface area contributed by atoms with Gasteiger partial charge in [0.05, 0.1) is 6.61 Å². The molecule has 0 N–H and O–H groups in total. The normalized spacial score (nSPS) is 15.9. The lowest BCUT2D eigenvalue weighted by Crippen LogP contribution is -2.66. The number of rotatable bonds is 10. The Morgan fingerprint density at radius 2 is 1.75 bits per heavy atom. The van der Waals surface area contributed by atoms with Gasteiger partial charge in [0.25, 0.3) is 8.32 Å². The molecular weight excluding hydrogens is 436 g/mol. The van der Waals surface area contributed by atoms with Crippen LogP contribution >= 0.6 is 11.3 Å². The highest BCUT2D eigenvalue weighted by Crippen LogP contribution is 2.33. The van der Waals surface area contributed by atoms with Gasteiger partial charge >= 0.3 is 5.97 Å². The summed E-state index contributed by atoms with van der Waals surface area (Å²) in [7, 11) is -2.46. The van der Waals surface area contributed by atoms with Crippen molar-refractivity contribution in [1.82, 2.24) is 4.98 Å². The number of aromatic nitrogens is 1. The number of hydrogen-bond acceptors (Lipinski definition) is 6. The summed E-state index contributed by atoms with van der Waals surface area (Å²) in [5.41, 5.74) is 0.373. The van der Waals surface area contributed by atoms with Gasteiger partial charge in [0.2, 0.25) is 0 Å². The van der Waals surface area contributed by atoms with E-state index in [1.165, 1.54) is 21.7 Å². The Kier molecular flexibility index (Phi) is 7.39. The fourth-order valence-electron chi connectivity index (χ4n) is 4.12. The Morgan fingerprint density at radius 1 is 1.09 bits per heavy atom. The van der Waals surface area contributed by atoms with Crippen LogP contribution in [-0.4, -0.2) is 38.7 Å². The molecule has 7 heteroatoms. The van der Waals surface area contributed by atoms with Crippen LogP contribution in [0, 0.1) is 0 Å². The number of benzene rings is 2. The first-order valence-electron chi connectivity index (χ1n) is 11.4. The molecule has 0 bridgehead atoms. The Labute approximate surface area is 195 Å². The van der Waals surface area contributed by atoms with Crippen molar-refractivity contribution in [3.63, 3.8) is 0 Å². The van der Waals surface area contributed by atoms with Gasteiger partial charge in [-0.05, 0) is 23.3 Å². The van der Waals surface area contributed by atoms with Crippen molar-refractivity contribution in [3.05, 3.63) is 71.7 Å². The Bertz CT molecular complexity index is 973. The van der Waals surface area contributed by atoms with Crippen LogP contribution in [0.25, 0.3) is 0 Å². The summed E-state index contributed by atoms with van der Waals surface area (Å²) >= 11 is 1.48. The van der Waals surface area contributed by atoms with Gasteiger partial charge < -0.3 is 14.1 Å². The summed E-state index contributed by atoms with van der Waals surface area (Å²) < 4.78 is 12.3. The lowest BCUT2D eigenvalue weighted by molar-refractivity contribution is 0.0520. The minimum Gasteiger partial charge on any atom is -0.461 e. The highest BCUT2D eigenvalue weighted by atomic mass is 32.1. The van der Waals surface area contributed by atoms with Gasteiger partial charge in [0, 0.05) is 18.3 Å². The zero-order valence-electron chi connectivity index (χ0n) is 18.7. The Balaban J connectivity index is 1.65. The molecule has 168 valence electrons. The summed E-state index contributed by atoms with van der Waals surface area (Å²) in [4.78, 5) is 18.8. The van der Waals surface area contributed by atoms with Gasteiger partial charge in [-0.1, -0.05) is 80.4 Å². The van der Waals surface area contributed by atoms with E-state index in [1.54, 1.807) is 12.3 Å². The first kappa shape index (κ1) is 22.7. The molecule has 1 aromatic heterocycles. The molecule has 4 rings (SSSR count). The third-order valence-electron chi connectivity index (χ3n) is 5.89. The molecule has 1 aliphatic heterocycles. The van der Waals surface area contributed by atoms with Gasteiger partial charge in [-0.2, -0.15) is 0 Å². The van der Waals surface area contributed by atoms with E-state index in [0.717, 1.165) is 37.0 Å². The summed E-state index contributed by atoms with van der Waals surface area (Å²) in [6.07, 6.45) is 3.16. The molecule has 0 spiro atoms. The average molecular weight is 467 g/mol. The molecule has 1 atom stereocenters. The summed E-state index contributed by atoms with van der Waals surface area (Å²) in [5, 5.41) is 5.21. The number of nitrogens with zero attached hydrogens (tertiary/aromatic N) is 2. The van der Waals surface area contributed by atoms with E-state index in [1.807, 2.05) is 0 Å². The second-order valence-corrected chi connectivity index (χ2v) is 12.3. The number of carbonyl (C=O) groups is 1. The van der Waals surface area contributed by atoms with Crippen molar-refractivity contribution in [1.29, 1.82) is 0 Å². The molecular formula is C25H30N2O3SSi. The van der Waals surface area contributed by atoms with Crippen LogP contribution in [0.3, 0.4) is 0 Å². The van der Waals surface area contributed by atoms with E-state index >= 15 is 0 Å². The third kappa shape index (κ3) is 4.65. The first-order chi connectivity index (χ1) is 15.7. The third-order valence-corrected chi connectivity index (χ3v) is 11.0. The van der Waals surface area contributed by atoms with Crippen LogP contribution < -0.4 is 15.3 Å². The number of carbonyl (C=O) groups excluding carboxylic acids is 1. The number of anilines is 1. The monoisotopic (exact) mass is 466 g/mol. The topological polar surface area (TPSA) is 51.7 Å². The number of esters is 1. The van der Waals surface area contributed by atoms with Crippen molar-refractivity contribution in [2.24, 2.45) is 0 Å². The average Bonchev–Trinajstić information content (AvgIpc) is 3.29. The van der Waals surface area contributed by atoms with Crippen LogP contribution in [0.15, 0.2) is 66.0 Å². The number of unbranched alkanes of at least 4 members (excludes halogenated alkanes) is 1. The van der Waals surface area contributed by atoms with Crippen LogP contribution in [-0.2, 0) is 9.16 Å². The van der Waals surface area contributed by atoms with Crippen LogP contribution in [0.2, 0.25) is 6.04 Å². The van der Waals surface area contributed by atoms with E-state index in [4.69, 9.17) is 9.16 Å². The van der Waals surface area contributed by atoms with E-state index in [2.05, 4.69) is 77.5 Å². The number of hydrogen-bond donors (Lipinski definition) is 0. The van der Waals surface area contributed by atoms with Crippen molar-refractivity contribution >= 4 is 41.1 Å². The summed E-state index contributed by atoms with van der Waals surface area (Å²) in [6, 6.07) is 22.5. The van der Waals surface area contributed by atoms with E-state index in [-0.39, 0.29) is 12.2 Å². The Morgan fingerprint density at radius 3 is 2.28 bits per heavy atom. The first-order valence-corrected chi connectivity index (χ1v) is 14.4. The molecule has 3 aromatic rings. The summed E-state index contributed by atoms with van der Waals surface area (Å²) in [6.45, 7) is 5.26. The molecule has 0 saturated carbocycles. The zero-order valence-corrected chi connectivity index (χ0v) is 20.5. The van der Waals surface area contributed by atoms with E-state index in [9.17, 15) is 4.79 Å². The van der Waals surface area contributed by atoms with Gasteiger partial charge in [0.1, 0.15) is 6.23 Å². The second-order valence-electron chi connectivity index (χ2n) is 7.95. The predicted octanol–water partition coefficient (Wildman–Crippen LogP) is 4.43. The number of ether oxygens (including phenoxy) is 1. The zero-order chi connectivity index (χ0) is 22.4. The Hall–Kier alpha value is -2.48. The van der Waals surface area contributed by atoms with Crippen LogP contribution in [0.4, 0.5) is 5.13 Å². The van der Waals surface area contributed by atoms with Crippen molar-refractivity contribution in [2.75, 3.05) is 18.1 Å². The smallest absolute Gasteiger partial charge is 0.357 e. The predicted molar refractivity (Wildman–Crippen MR) is 133 cm³/mol. The molecule has 5 nitrogen and oxygen atoms in total. The molecule has 0 aliphatic carbocycles. The summed E-state index contributed by atoms with van der Waals surface area (Å²) in [5.74, 6) is -0.367. The maximum atomic E-state index is 12.1. The van der Waals surface area contributed by atoms with Gasteiger partial charge in [0.15, 0.2) is 10.8 Å². The molecule has 2 aromatic carbocycles. The lowest BCUT2D eigenvalue weighted by Gasteiger charge is -2.46.